The number of nitro groups is 1. The fourth-order valence-electron chi connectivity index (χ4n) is 1.99. The number of nitro benzene ring substituents is 1. The molecule has 10 heteroatoms. The lowest BCUT2D eigenvalue weighted by Crippen LogP contribution is -2.38. The number of rotatable bonds is 3. The molecule has 0 radical (unpaired) electrons. The number of alkyl halides is 3. The number of hydrogen-bond donors (Lipinski definition) is 2. The summed E-state index contributed by atoms with van der Waals surface area (Å²) >= 11 is 0. The highest BCUT2D eigenvalue weighted by molar-refractivity contribution is 5.88. The second-order valence-corrected chi connectivity index (χ2v) is 4.41. The Bertz CT molecular complexity index is 599. The molecular formula is C11H10F3N3O4. The average molecular weight is 305 g/mol. The van der Waals surface area contributed by atoms with Crippen LogP contribution >= 0.6 is 0 Å². The summed E-state index contributed by atoms with van der Waals surface area (Å²) in [4.78, 5) is 21.8. The molecule has 0 aliphatic carbocycles. The molecule has 1 aromatic carbocycles. The number of nitrogens with one attached hydrogen (secondary N) is 1. The Labute approximate surface area is 116 Å². The minimum Gasteiger partial charge on any atom is -0.465 e. The molecule has 0 aromatic heterocycles. The van der Waals surface area contributed by atoms with Gasteiger partial charge in [0.2, 0.25) is 0 Å². The van der Waals surface area contributed by atoms with E-state index in [1.807, 2.05) is 0 Å². The molecule has 114 valence electrons. The van der Waals surface area contributed by atoms with E-state index >= 15 is 0 Å². The summed E-state index contributed by atoms with van der Waals surface area (Å²) in [6, 6.07) is 1.22. The van der Waals surface area contributed by atoms with Crippen LogP contribution in [0, 0.1) is 10.1 Å². The molecule has 1 aliphatic rings. The molecule has 0 atom stereocenters. The first-order valence-electron chi connectivity index (χ1n) is 5.84. The molecule has 21 heavy (non-hydrogen) atoms. The summed E-state index contributed by atoms with van der Waals surface area (Å²) in [5, 5.41) is 21.2. The van der Waals surface area contributed by atoms with Crippen LogP contribution in [0.4, 0.5) is 35.0 Å². The third-order valence-electron chi connectivity index (χ3n) is 3.05. The van der Waals surface area contributed by atoms with Crippen molar-refractivity contribution in [2.45, 2.75) is 12.6 Å². The molecule has 0 saturated carbocycles. The maximum Gasteiger partial charge on any atom is 0.418 e. The van der Waals surface area contributed by atoms with Gasteiger partial charge in [-0.25, -0.2) is 4.79 Å². The summed E-state index contributed by atoms with van der Waals surface area (Å²) in [6.45, 7) is 0.765. The molecule has 2 rings (SSSR count). The van der Waals surface area contributed by atoms with E-state index < -0.39 is 34.1 Å². The van der Waals surface area contributed by atoms with Gasteiger partial charge in [-0.2, -0.15) is 13.2 Å². The van der Waals surface area contributed by atoms with Crippen LogP contribution in [-0.4, -0.2) is 29.2 Å². The Hall–Kier alpha value is -2.52. The van der Waals surface area contributed by atoms with Crippen molar-refractivity contribution in [1.29, 1.82) is 0 Å². The first-order chi connectivity index (χ1) is 9.70. The molecule has 1 amide bonds. The summed E-state index contributed by atoms with van der Waals surface area (Å²) in [5.74, 6) is 0. The zero-order chi connectivity index (χ0) is 15.8. The third kappa shape index (κ3) is 2.98. The van der Waals surface area contributed by atoms with Gasteiger partial charge in [0.1, 0.15) is 5.69 Å². The smallest absolute Gasteiger partial charge is 0.418 e. The molecule has 1 aliphatic heterocycles. The van der Waals surface area contributed by atoms with Crippen LogP contribution in [0.25, 0.3) is 0 Å². The fourth-order valence-corrected chi connectivity index (χ4v) is 1.99. The lowest BCUT2D eigenvalue weighted by atomic mass is 10.1. The number of amides is 1. The van der Waals surface area contributed by atoms with Crippen LogP contribution in [0.1, 0.15) is 12.0 Å². The molecule has 1 aromatic rings. The Morgan fingerprint density at radius 1 is 1.38 bits per heavy atom. The van der Waals surface area contributed by atoms with Crippen LogP contribution in [-0.2, 0) is 6.18 Å². The van der Waals surface area contributed by atoms with Gasteiger partial charge in [0.25, 0.3) is 5.69 Å². The molecule has 1 heterocycles. The largest absolute Gasteiger partial charge is 0.465 e. The van der Waals surface area contributed by atoms with E-state index in [0.29, 0.717) is 25.6 Å². The number of anilines is 2. The van der Waals surface area contributed by atoms with Crippen molar-refractivity contribution in [2.75, 3.05) is 23.3 Å². The standard InChI is InChI=1S/C11H10F3N3O4/c12-11(13,14)6-4-9(17(20)21)7(15-10(18)19)5-8(6)16-2-1-3-16/h4-5,15H,1-3H2,(H,18,19). The molecule has 1 saturated heterocycles. The predicted octanol–water partition coefficient (Wildman–Crippen LogP) is 2.91. The Morgan fingerprint density at radius 3 is 2.38 bits per heavy atom. The van der Waals surface area contributed by atoms with Crippen molar-refractivity contribution in [3.63, 3.8) is 0 Å². The Balaban J connectivity index is 2.61. The van der Waals surface area contributed by atoms with Gasteiger partial charge in [0, 0.05) is 19.2 Å². The average Bonchev–Trinajstić information content (AvgIpc) is 2.23. The molecule has 1 fully saturated rings. The minimum absolute atomic E-state index is 0.261. The van der Waals surface area contributed by atoms with Crippen LogP contribution in [0.5, 0.6) is 0 Å². The first-order valence-corrected chi connectivity index (χ1v) is 5.84. The predicted molar refractivity (Wildman–Crippen MR) is 66.6 cm³/mol. The van der Waals surface area contributed by atoms with Crippen LogP contribution in [0.3, 0.4) is 0 Å². The molecule has 0 spiro atoms. The van der Waals surface area contributed by atoms with Gasteiger partial charge < -0.3 is 10.0 Å². The maximum absolute atomic E-state index is 13.0. The van der Waals surface area contributed by atoms with Crippen molar-refractivity contribution in [1.82, 2.24) is 0 Å². The number of hydrogen-bond acceptors (Lipinski definition) is 4. The molecule has 7 nitrogen and oxygen atoms in total. The summed E-state index contributed by atoms with van der Waals surface area (Å²) in [7, 11) is 0. The van der Waals surface area contributed by atoms with Crippen LogP contribution in [0.15, 0.2) is 12.1 Å². The first kappa shape index (κ1) is 14.9. The molecule has 2 N–H and O–H groups in total. The zero-order valence-corrected chi connectivity index (χ0v) is 10.5. The quantitative estimate of drug-likeness (QED) is 0.661. The van der Waals surface area contributed by atoms with Crippen molar-refractivity contribution in [3.8, 4) is 0 Å². The van der Waals surface area contributed by atoms with Gasteiger partial charge in [-0.15, -0.1) is 0 Å². The summed E-state index contributed by atoms with van der Waals surface area (Å²) in [5.41, 5.74) is -2.83. The second kappa shape index (κ2) is 5.11. The molecule has 0 bridgehead atoms. The third-order valence-corrected chi connectivity index (χ3v) is 3.05. The number of carbonyl (C=O) groups is 1. The lowest BCUT2D eigenvalue weighted by molar-refractivity contribution is -0.384. The van der Waals surface area contributed by atoms with Gasteiger partial charge in [-0.05, 0) is 12.5 Å². The van der Waals surface area contributed by atoms with Gasteiger partial charge in [0.05, 0.1) is 16.2 Å². The molecular weight excluding hydrogens is 295 g/mol. The minimum atomic E-state index is -4.77. The highest BCUT2D eigenvalue weighted by Crippen LogP contribution is 2.43. The van der Waals surface area contributed by atoms with Gasteiger partial charge in [0.15, 0.2) is 0 Å². The fraction of sp³-hybridized carbons (Fsp3) is 0.364. The number of carboxylic acid groups (broad SMARTS) is 1. The number of halogens is 3. The van der Waals surface area contributed by atoms with Gasteiger partial charge in [-0.3, -0.25) is 15.4 Å². The monoisotopic (exact) mass is 305 g/mol. The zero-order valence-electron chi connectivity index (χ0n) is 10.5. The summed E-state index contributed by atoms with van der Waals surface area (Å²) in [6.07, 6.45) is -5.65. The van der Waals surface area contributed by atoms with Gasteiger partial charge in [-0.1, -0.05) is 0 Å². The normalized spacial score (nSPS) is 14.5. The lowest BCUT2D eigenvalue weighted by Gasteiger charge is -2.35. The number of benzene rings is 1. The maximum atomic E-state index is 13.0. The Kier molecular flexibility index (Phi) is 3.62. The SMILES string of the molecule is O=C(O)Nc1cc(N2CCC2)c(C(F)(F)F)cc1[N+](=O)[O-]. The van der Waals surface area contributed by atoms with E-state index in [0.717, 1.165) is 6.07 Å². The van der Waals surface area contributed by atoms with E-state index in [2.05, 4.69) is 0 Å². The van der Waals surface area contributed by atoms with Gasteiger partial charge >= 0.3 is 12.3 Å². The second-order valence-electron chi connectivity index (χ2n) is 4.41. The van der Waals surface area contributed by atoms with E-state index in [1.54, 1.807) is 5.32 Å². The Morgan fingerprint density at radius 2 is 2.00 bits per heavy atom. The van der Waals surface area contributed by atoms with Crippen LogP contribution < -0.4 is 10.2 Å². The van der Waals surface area contributed by atoms with Crippen molar-refractivity contribution in [3.05, 3.63) is 27.8 Å². The summed E-state index contributed by atoms with van der Waals surface area (Å²) < 4.78 is 39.1. The highest BCUT2D eigenvalue weighted by atomic mass is 19.4. The number of nitrogens with zero attached hydrogens (tertiary/aromatic N) is 2. The topological polar surface area (TPSA) is 95.7 Å². The van der Waals surface area contributed by atoms with Crippen molar-refractivity contribution < 1.29 is 28.0 Å². The highest BCUT2D eigenvalue weighted by Gasteiger charge is 2.39. The molecule has 0 unspecified atom stereocenters. The van der Waals surface area contributed by atoms with Crippen molar-refractivity contribution in [2.24, 2.45) is 0 Å². The van der Waals surface area contributed by atoms with E-state index in [-0.39, 0.29) is 5.69 Å². The van der Waals surface area contributed by atoms with E-state index in [1.165, 1.54) is 4.90 Å². The van der Waals surface area contributed by atoms with Crippen molar-refractivity contribution >= 4 is 23.2 Å². The van der Waals surface area contributed by atoms with E-state index in [9.17, 15) is 28.1 Å². The van der Waals surface area contributed by atoms with E-state index in [4.69, 9.17) is 5.11 Å². The van der Waals surface area contributed by atoms with Crippen LogP contribution in [0.2, 0.25) is 0 Å².